The lowest BCUT2D eigenvalue weighted by Crippen LogP contribution is -2.43. The van der Waals surface area contributed by atoms with E-state index in [-0.39, 0.29) is 12.0 Å². The predicted molar refractivity (Wildman–Crippen MR) is 80.0 cm³/mol. The highest BCUT2D eigenvalue weighted by Crippen LogP contribution is 2.16. The molecule has 1 aliphatic heterocycles. The molecule has 1 saturated heterocycles. The highest BCUT2D eigenvalue weighted by molar-refractivity contribution is 5.92. The molecule has 1 fully saturated rings. The van der Waals surface area contributed by atoms with Crippen molar-refractivity contribution in [3.8, 4) is 0 Å². The Morgan fingerprint density at radius 2 is 2.23 bits per heavy atom. The van der Waals surface area contributed by atoms with Gasteiger partial charge in [0, 0.05) is 31.7 Å². The minimum absolute atomic E-state index is 0.0505. The van der Waals surface area contributed by atoms with E-state index in [1.807, 2.05) is 12.1 Å². The van der Waals surface area contributed by atoms with Crippen LogP contribution in [0.2, 0.25) is 0 Å². The summed E-state index contributed by atoms with van der Waals surface area (Å²) in [5.74, 6) is -0.0808. The van der Waals surface area contributed by atoms with E-state index >= 15 is 0 Å². The van der Waals surface area contributed by atoms with Gasteiger partial charge < -0.3 is 9.64 Å². The van der Waals surface area contributed by atoms with Crippen molar-refractivity contribution in [1.82, 2.24) is 20.1 Å². The molecule has 0 aliphatic carbocycles. The predicted octanol–water partition coefficient (Wildman–Crippen LogP) is 1.69. The van der Waals surface area contributed by atoms with Gasteiger partial charge in [0.1, 0.15) is 0 Å². The van der Waals surface area contributed by atoms with E-state index in [1.54, 1.807) is 35.6 Å². The van der Waals surface area contributed by atoms with Gasteiger partial charge in [-0.25, -0.2) is 0 Å². The molecule has 0 saturated carbocycles. The molecular weight excluding hydrogens is 280 g/mol. The SMILES string of the molecule is O=C(c1cccnn1)N1CCC[C@H](OCc2cccnc2)C1. The van der Waals surface area contributed by atoms with Gasteiger partial charge in [0.25, 0.3) is 5.91 Å². The second-order valence-electron chi connectivity index (χ2n) is 5.30. The molecule has 1 amide bonds. The third-order valence-electron chi connectivity index (χ3n) is 3.67. The van der Waals surface area contributed by atoms with Gasteiger partial charge in [0.05, 0.1) is 12.7 Å². The van der Waals surface area contributed by atoms with Crippen LogP contribution in [0.4, 0.5) is 0 Å². The summed E-state index contributed by atoms with van der Waals surface area (Å²) in [6, 6.07) is 7.29. The highest BCUT2D eigenvalue weighted by Gasteiger charge is 2.25. The molecule has 6 heteroatoms. The highest BCUT2D eigenvalue weighted by atomic mass is 16.5. The Morgan fingerprint density at radius 3 is 3.00 bits per heavy atom. The second-order valence-corrected chi connectivity index (χ2v) is 5.30. The fourth-order valence-corrected chi connectivity index (χ4v) is 2.53. The number of ether oxygens (including phenoxy) is 1. The van der Waals surface area contributed by atoms with Crippen LogP contribution in [0.5, 0.6) is 0 Å². The van der Waals surface area contributed by atoms with Gasteiger partial charge in [0.2, 0.25) is 0 Å². The van der Waals surface area contributed by atoms with Crippen LogP contribution in [-0.4, -0.2) is 45.2 Å². The van der Waals surface area contributed by atoms with E-state index in [0.717, 1.165) is 24.9 Å². The lowest BCUT2D eigenvalue weighted by atomic mass is 10.1. The molecule has 114 valence electrons. The number of amides is 1. The van der Waals surface area contributed by atoms with Crippen LogP contribution in [0, 0.1) is 0 Å². The number of aromatic nitrogens is 3. The van der Waals surface area contributed by atoms with Gasteiger partial charge in [-0.05, 0) is 36.6 Å². The van der Waals surface area contributed by atoms with Gasteiger partial charge >= 0.3 is 0 Å². The van der Waals surface area contributed by atoms with Crippen LogP contribution in [0.3, 0.4) is 0 Å². The molecule has 6 nitrogen and oxygen atoms in total. The summed E-state index contributed by atoms with van der Waals surface area (Å²) in [6.07, 6.45) is 7.05. The number of carbonyl (C=O) groups is 1. The van der Waals surface area contributed by atoms with Crippen molar-refractivity contribution in [2.45, 2.75) is 25.6 Å². The Morgan fingerprint density at radius 1 is 1.32 bits per heavy atom. The van der Waals surface area contributed by atoms with E-state index < -0.39 is 0 Å². The first-order chi connectivity index (χ1) is 10.8. The molecule has 22 heavy (non-hydrogen) atoms. The average molecular weight is 298 g/mol. The first kappa shape index (κ1) is 14.6. The number of pyridine rings is 1. The molecule has 3 rings (SSSR count). The molecule has 3 heterocycles. The summed E-state index contributed by atoms with van der Waals surface area (Å²) in [5, 5.41) is 7.64. The molecule has 0 aromatic carbocycles. The van der Waals surface area contributed by atoms with E-state index in [1.165, 1.54) is 0 Å². The molecule has 2 aromatic heterocycles. The van der Waals surface area contributed by atoms with E-state index in [9.17, 15) is 4.79 Å². The third-order valence-corrected chi connectivity index (χ3v) is 3.67. The van der Waals surface area contributed by atoms with Crippen LogP contribution < -0.4 is 0 Å². The Balaban J connectivity index is 1.56. The third kappa shape index (κ3) is 3.65. The normalized spacial score (nSPS) is 18.2. The molecule has 0 unspecified atom stereocenters. The van der Waals surface area contributed by atoms with Gasteiger partial charge in [-0.3, -0.25) is 9.78 Å². The summed E-state index contributed by atoms with van der Waals surface area (Å²) in [5.41, 5.74) is 1.43. The van der Waals surface area contributed by atoms with Crippen LogP contribution in [0.25, 0.3) is 0 Å². The van der Waals surface area contributed by atoms with Crippen molar-refractivity contribution >= 4 is 5.91 Å². The Kier molecular flexibility index (Phi) is 4.70. The van der Waals surface area contributed by atoms with Crippen molar-refractivity contribution in [3.63, 3.8) is 0 Å². The first-order valence-corrected chi connectivity index (χ1v) is 7.40. The zero-order chi connectivity index (χ0) is 15.2. The maximum Gasteiger partial charge on any atom is 0.274 e. The monoisotopic (exact) mass is 298 g/mol. The van der Waals surface area contributed by atoms with E-state index in [0.29, 0.717) is 18.8 Å². The van der Waals surface area contributed by atoms with E-state index in [2.05, 4.69) is 15.2 Å². The number of hydrogen-bond acceptors (Lipinski definition) is 5. The maximum atomic E-state index is 12.4. The molecule has 0 spiro atoms. The standard InChI is InChI=1S/C16H18N4O2/c21-16(15-6-2-8-18-19-15)20-9-3-5-14(11-20)22-12-13-4-1-7-17-10-13/h1-2,4,6-8,10,14H,3,5,9,11-12H2/t14-/m0/s1. The number of hydrogen-bond donors (Lipinski definition) is 0. The van der Waals surface area contributed by atoms with Gasteiger partial charge in [-0.2, -0.15) is 5.10 Å². The van der Waals surface area contributed by atoms with Crippen LogP contribution in [0.15, 0.2) is 42.9 Å². The zero-order valence-electron chi connectivity index (χ0n) is 12.3. The molecule has 1 aliphatic rings. The minimum atomic E-state index is -0.0808. The van der Waals surface area contributed by atoms with Crippen LogP contribution >= 0.6 is 0 Å². The fraction of sp³-hybridized carbons (Fsp3) is 0.375. The van der Waals surface area contributed by atoms with Crippen LogP contribution in [-0.2, 0) is 11.3 Å². The van der Waals surface area contributed by atoms with Crippen molar-refractivity contribution < 1.29 is 9.53 Å². The number of piperidine rings is 1. The molecule has 2 aromatic rings. The largest absolute Gasteiger partial charge is 0.372 e. The smallest absolute Gasteiger partial charge is 0.274 e. The number of carbonyl (C=O) groups excluding carboxylic acids is 1. The zero-order valence-corrected chi connectivity index (χ0v) is 12.3. The molecular formula is C16H18N4O2. The molecule has 0 N–H and O–H groups in total. The van der Waals surface area contributed by atoms with Gasteiger partial charge in [-0.1, -0.05) is 6.07 Å². The maximum absolute atomic E-state index is 12.4. The van der Waals surface area contributed by atoms with Crippen molar-refractivity contribution in [2.24, 2.45) is 0 Å². The quantitative estimate of drug-likeness (QED) is 0.859. The van der Waals surface area contributed by atoms with Crippen molar-refractivity contribution in [1.29, 1.82) is 0 Å². The summed E-state index contributed by atoms with van der Waals surface area (Å²) < 4.78 is 5.92. The average Bonchev–Trinajstić information content (AvgIpc) is 2.61. The lowest BCUT2D eigenvalue weighted by molar-refractivity contribution is -0.00700. The minimum Gasteiger partial charge on any atom is -0.372 e. The van der Waals surface area contributed by atoms with Crippen LogP contribution in [0.1, 0.15) is 28.9 Å². The first-order valence-electron chi connectivity index (χ1n) is 7.40. The van der Waals surface area contributed by atoms with E-state index in [4.69, 9.17) is 4.74 Å². The van der Waals surface area contributed by atoms with Crippen molar-refractivity contribution in [2.75, 3.05) is 13.1 Å². The fourth-order valence-electron chi connectivity index (χ4n) is 2.53. The summed E-state index contributed by atoms with van der Waals surface area (Å²) >= 11 is 0. The number of likely N-dealkylation sites (tertiary alicyclic amines) is 1. The lowest BCUT2D eigenvalue weighted by Gasteiger charge is -2.32. The summed E-state index contributed by atoms with van der Waals surface area (Å²) in [6.45, 7) is 1.85. The Bertz CT molecular complexity index is 606. The summed E-state index contributed by atoms with van der Waals surface area (Å²) in [4.78, 5) is 18.2. The number of nitrogens with zero attached hydrogens (tertiary/aromatic N) is 4. The second kappa shape index (κ2) is 7.09. The summed E-state index contributed by atoms with van der Waals surface area (Å²) in [7, 11) is 0. The van der Waals surface area contributed by atoms with Gasteiger partial charge in [0.15, 0.2) is 5.69 Å². The number of rotatable bonds is 4. The van der Waals surface area contributed by atoms with Crippen molar-refractivity contribution in [3.05, 3.63) is 54.1 Å². The Labute approximate surface area is 129 Å². The Hall–Kier alpha value is -2.34. The molecule has 0 radical (unpaired) electrons. The molecule has 1 atom stereocenters. The van der Waals surface area contributed by atoms with Gasteiger partial charge in [-0.15, -0.1) is 5.10 Å². The molecule has 0 bridgehead atoms. The topological polar surface area (TPSA) is 68.2 Å².